The highest BCUT2D eigenvalue weighted by Crippen LogP contribution is 2.43. The van der Waals surface area contributed by atoms with Gasteiger partial charge in [0.1, 0.15) is 0 Å². The zero-order valence-electron chi connectivity index (χ0n) is 21.2. The molecule has 0 aliphatic carbocycles. The quantitative estimate of drug-likeness (QED) is 0.149. The van der Waals surface area contributed by atoms with Crippen molar-refractivity contribution in [3.05, 3.63) is 23.6 Å². The van der Waals surface area contributed by atoms with Gasteiger partial charge in [0.15, 0.2) is 0 Å². The predicted molar refractivity (Wildman–Crippen MR) is 134 cm³/mol. The van der Waals surface area contributed by atoms with Crippen LogP contribution in [-0.4, -0.2) is 43.5 Å². The summed E-state index contributed by atoms with van der Waals surface area (Å²) in [5.41, 5.74) is 5.01. The van der Waals surface area contributed by atoms with Crippen LogP contribution in [0.15, 0.2) is 23.6 Å². The van der Waals surface area contributed by atoms with E-state index in [9.17, 15) is 0 Å². The third-order valence-corrected chi connectivity index (χ3v) is 13.9. The van der Waals surface area contributed by atoms with E-state index >= 15 is 0 Å². The monoisotopic (exact) mass is 458 g/mol. The van der Waals surface area contributed by atoms with Crippen molar-refractivity contribution in [2.75, 3.05) is 26.4 Å². The molecule has 0 heterocycles. The molecule has 30 heavy (non-hydrogen) atoms. The van der Waals surface area contributed by atoms with Gasteiger partial charge < -0.3 is 17.7 Å². The third kappa shape index (κ3) is 9.49. The molecule has 0 amide bonds. The summed E-state index contributed by atoms with van der Waals surface area (Å²) in [6, 6.07) is 0. The number of unbranched alkanes of at least 4 members (excludes halogenated alkanes) is 4. The molecule has 0 N–H and O–H groups in total. The minimum atomic E-state index is -2.57. The van der Waals surface area contributed by atoms with E-state index in [1.807, 2.05) is 0 Å². The molecule has 2 unspecified atom stereocenters. The molecule has 0 spiro atoms. The predicted octanol–water partition coefficient (Wildman–Crippen LogP) is 7.37. The first-order chi connectivity index (χ1) is 14.4. The Kier molecular flexibility index (Phi) is 17.2. The lowest BCUT2D eigenvalue weighted by molar-refractivity contribution is 0.165. The summed E-state index contributed by atoms with van der Waals surface area (Å²) in [7, 11) is -5.15. The molecule has 0 rings (SSSR count). The molecule has 0 bridgehead atoms. The van der Waals surface area contributed by atoms with Crippen molar-refractivity contribution in [2.24, 2.45) is 0 Å². The largest absolute Gasteiger partial charge is 0.391 e. The number of hydrogen-bond donors (Lipinski definition) is 0. The minimum absolute atomic E-state index is 0.218. The van der Waals surface area contributed by atoms with Gasteiger partial charge in [-0.2, -0.15) is 0 Å². The van der Waals surface area contributed by atoms with Crippen LogP contribution in [0.25, 0.3) is 0 Å². The van der Waals surface area contributed by atoms with Crippen LogP contribution in [0.2, 0.25) is 11.1 Å². The van der Waals surface area contributed by atoms with Crippen LogP contribution in [0.5, 0.6) is 0 Å². The standard InChI is InChI=1S/C24H50O4Si2/c1-9-15-17-19-21-29(25-11-3,26-12-4)23(7)24(8)30(27-13-5,28-14-6)22-20-18-16-10-2/h19-24H,9-18H2,1-8H3. The SMILES string of the molecule is CCCCC=C[Si](OCC)(OCC)C(C)C(C)[Si](C=CCCCC)(OCC)OCC. The highest BCUT2D eigenvalue weighted by atomic mass is 28.4. The first-order valence-electron chi connectivity index (χ1n) is 12.3. The molecule has 178 valence electrons. The molecule has 0 saturated heterocycles. The van der Waals surface area contributed by atoms with Crippen molar-refractivity contribution in [2.45, 2.75) is 105 Å². The Labute approximate surface area is 189 Å². The van der Waals surface area contributed by atoms with Gasteiger partial charge in [0, 0.05) is 37.5 Å². The first kappa shape index (κ1) is 29.8. The summed E-state index contributed by atoms with van der Waals surface area (Å²) in [5.74, 6) is 0. The van der Waals surface area contributed by atoms with Crippen LogP contribution in [-0.2, 0) is 17.7 Å². The molecule has 6 heteroatoms. The average molecular weight is 459 g/mol. The van der Waals surface area contributed by atoms with Gasteiger partial charge in [-0.05, 0) is 51.9 Å². The van der Waals surface area contributed by atoms with Gasteiger partial charge in [0.05, 0.1) is 0 Å². The number of allylic oxidation sites excluding steroid dienone is 2. The number of rotatable bonds is 19. The summed E-state index contributed by atoms with van der Waals surface area (Å²) in [6.45, 7) is 19.9. The second-order valence-corrected chi connectivity index (χ2v) is 14.4. The Morgan fingerprint density at radius 1 is 0.567 bits per heavy atom. The molecule has 0 radical (unpaired) electrons. The van der Waals surface area contributed by atoms with Crippen molar-refractivity contribution < 1.29 is 17.7 Å². The summed E-state index contributed by atoms with van der Waals surface area (Å²) >= 11 is 0. The maximum absolute atomic E-state index is 6.44. The normalized spacial score (nSPS) is 15.3. The summed E-state index contributed by atoms with van der Waals surface area (Å²) < 4.78 is 25.8. The van der Waals surface area contributed by atoms with E-state index in [4.69, 9.17) is 17.7 Å². The second kappa shape index (κ2) is 17.3. The molecular weight excluding hydrogens is 408 g/mol. The smallest absolute Gasteiger partial charge is 0.367 e. The lowest BCUT2D eigenvalue weighted by Crippen LogP contribution is -2.53. The maximum atomic E-state index is 6.44. The van der Waals surface area contributed by atoms with Gasteiger partial charge in [-0.25, -0.2) is 0 Å². The molecular formula is C24H50O4Si2. The van der Waals surface area contributed by atoms with E-state index in [0.29, 0.717) is 26.4 Å². The summed E-state index contributed by atoms with van der Waals surface area (Å²) in [6.07, 6.45) is 11.5. The third-order valence-electron chi connectivity index (χ3n) is 5.65. The molecule has 0 fully saturated rings. The van der Waals surface area contributed by atoms with Crippen LogP contribution in [0.1, 0.15) is 93.9 Å². The minimum Gasteiger partial charge on any atom is -0.391 e. The van der Waals surface area contributed by atoms with Crippen LogP contribution >= 0.6 is 0 Å². The van der Waals surface area contributed by atoms with Crippen LogP contribution in [0, 0.1) is 0 Å². The zero-order valence-corrected chi connectivity index (χ0v) is 23.2. The fraction of sp³-hybridized carbons (Fsp3) is 0.833. The maximum Gasteiger partial charge on any atom is 0.367 e. The number of hydrogen-bond acceptors (Lipinski definition) is 4. The average Bonchev–Trinajstić information content (AvgIpc) is 2.73. The van der Waals surface area contributed by atoms with Crippen molar-refractivity contribution >= 4 is 17.1 Å². The molecule has 0 aromatic heterocycles. The molecule has 2 atom stereocenters. The Morgan fingerprint density at radius 3 is 1.10 bits per heavy atom. The van der Waals surface area contributed by atoms with Gasteiger partial charge >= 0.3 is 17.1 Å². The van der Waals surface area contributed by atoms with Gasteiger partial charge in [-0.1, -0.05) is 65.5 Å². The highest BCUT2D eigenvalue weighted by molar-refractivity contribution is 6.80. The van der Waals surface area contributed by atoms with Gasteiger partial charge in [0.25, 0.3) is 0 Å². The van der Waals surface area contributed by atoms with E-state index in [1.165, 1.54) is 25.7 Å². The molecule has 0 aromatic rings. The molecule has 0 aliphatic rings. The first-order valence-corrected chi connectivity index (χ1v) is 16.3. The molecule has 0 saturated carbocycles. The lowest BCUT2D eigenvalue weighted by Gasteiger charge is -2.41. The molecule has 0 aliphatic heterocycles. The van der Waals surface area contributed by atoms with E-state index < -0.39 is 17.1 Å². The van der Waals surface area contributed by atoms with Crippen molar-refractivity contribution in [1.82, 2.24) is 0 Å². The van der Waals surface area contributed by atoms with Crippen LogP contribution < -0.4 is 0 Å². The van der Waals surface area contributed by atoms with Crippen molar-refractivity contribution in [3.63, 3.8) is 0 Å². The second-order valence-electron chi connectivity index (χ2n) is 7.84. The van der Waals surface area contributed by atoms with E-state index in [1.54, 1.807) is 0 Å². The zero-order chi connectivity index (χ0) is 22.9. The Morgan fingerprint density at radius 2 is 0.867 bits per heavy atom. The van der Waals surface area contributed by atoms with Crippen LogP contribution in [0.4, 0.5) is 0 Å². The fourth-order valence-electron chi connectivity index (χ4n) is 3.84. The van der Waals surface area contributed by atoms with Gasteiger partial charge in [-0.15, -0.1) is 0 Å². The van der Waals surface area contributed by atoms with Gasteiger partial charge in [-0.3, -0.25) is 0 Å². The fourth-order valence-corrected chi connectivity index (χ4v) is 11.6. The molecule has 0 aromatic carbocycles. The van der Waals surface area contributed by atoms with Crippen molar-refractivity contribution in [3.8, 4) is 0 Å². The summed E-state index contributed by atoms with van der Waals surface area (Å²) in [5, 5.41) is 0. The lowest BCUT2D eigenvalue weighted by atomic mass is 10.2. The highest BCUT2D eigenvalue weighted by Gasteiger charge is 2.53. The van der Waals surface area contributed by atoms with Crippen molar-refractivity contribution in [1.29, 1.82) is 0 Å². The molecule has 4 nitrogen and oxygen atoms in total. The summed E-state index contributed by atoms with van der Waals surface area (Å²) in [4.78, 5) is 0. The Balaban J connectivity index is 6.01. The topological polar surface area (TPSA) is 36.9 Å². The van der Waals surface area contributed by atoms with E-state index in [0.717, 1.165) is 12.8 Å². The Bertz CT molecular complexity index is 414. The Hall–Kier alpha value is -0.246. The van der Waals surface area contributed by atoms with E-state index in [-0.39, 0.29) is 11.1 Å². The van der Waals surface area contributed by atoms with E-state index in [2.05, 4.69) is 78.9 Å². The van der Waals surface area contributed by atoms with Crippen LogP contribution in [0.3, 0.4) is 0 Å². The van der Waals surface area contributed by atoms with Gasteiger partial charge in [0.2, 0.25) is 0 Å².